The Balaban J connectivity index is 1.99. The smallest absolute Gasteiger partial charge is 0.234 e. The highest BCUT2D eigenvalue weighted by Crippen LogP contribution is 2.39. The van der Waals surface area contributed by atoms with Crippen molar-refractivity contribution in [3.63, 3.8) is 0 Å². The van der Waals surface area contributed by atoms with Gasteiger partial charge in [0.05, 0.1) is 11.9 Å². The number of rotatable bonds is 5. The third kappa shape index (κ3) is 2.95. The number of nitrogens with two attached hydrogens (primary N) is 2. The lowest BCUT2D eigenvalue weighted by molar-refractivity contribution is -0.344. The molecule has 0 amide bonds. The van der Waals surface area contributed by atoms with Crippen LogP contribution < -0.4 is 26.3 Å². The Morgan fingerprint density at radius 1 is 1.20 bits per heavy atom. The Morgan fingerprint density at radius 2 is 1.90 bits per heavy atom. The van der Waals surface area contributed by atoms with E-state index in [-0.39, 0.29) is 18.1 Å². The van der Waals surface area contributed by atoms with Crippen LogP contribution in [0, 0.1) is 11.3 Å². The van der Waals surface area contributed by atoms with Gasteiger partial charge in [-0.25, -0.2) is 9.97 Å². The molecule has 30 heavy (non-hydrogen) atoms. The minimum Gasteiger partial charge on any atom is -0.383 e. The number of anilines is 4. The zero-order chi connectivity index (χ0) is 21.4. The lowest BCUT2D eigenvalue weighted by Gasteiger charge is -2.23. The van der Waals surface area contributed by atoms with Gasteiger partial charge in [-0.2, -0.15) is 5.26 Å². The number of fused-ring (bicyclic) bond motifs is 3. The van der Waals surface area contributed by atoms with Crippen molar-refractivity contribution >= 4 is 39.8 Å². The Hall–Kier alpha value is -3.86. The van der Waals surface area contributed by atoms with Gasteiger partial charge in [-0.1, -0.05) is 30.3 Å². The van der Waals surface area contributed by atoms with Gasteiger partial charge in [0.25, 0.3) is 0 Å². The van der Waals surface area contributed by atoms with E-state index in [1.807, 2.05) is 54.0 Å². The van der Waals surface area contributed by atoms with Gasteiger partial charge in [0.2, 0.25) is 17.4 Å². The highest BCUT2D eigenvalue weighted by atomic mass is 16.1. The molecule has 0 atom stereocenters. The largest absolute Gasteiger partial charge is 0.383 e. The monoisotopic (exact) mass is 402 g/mol. The summed E-state index contributed by atoms with van der Waals surface area (Å²) in [5, 5.41) is 10.9. The Labute approximate surface area is 174 Å². The third-order valence-electron chi connectivity index (χ3n) is 5.54. The second kappa shape index (κ2) is 7.52. The number of aromatic amines is 1. The fourth-order valence-electron chi connectivity index (χ4n) is 4.12. The number of nitriles is 1. The second-order valence-corrected chi connectivity index (χ2v) is 7.26. The Morgan fingerprint density at radius 3 is 2.53 bits per heavy atom. The van der Waals surface area contributed by atoms with Crippen LogP contribution in [0.2, 0.25) is 0 Å². The normalized spacial score (nSPS) is 12.8. The van der Waals surface area contributed by atoms with E-state index >= 15 is 0 Å². The lowest BCUT2D eigenvalue weighted by Crippen LogP contribution is -2.28. The van der Waals surface area contributed by atoms with Gasteiger partial charge in [0.15, 0.2) is 0 Å². The molecule has 0 saturated carbocycles. The molecule has 3 heterocycles. The number of hydrogen-bond donors (Lipinski definition) is 2. The minimum absolute atomic E-state index is 0.0743. The van der Waals surface area contributed by atoms with Crippen LogP contribution in [-0.4, -0.2) is 30.4 Å². The summed E-state index contributed by atoms with van der Waals surface area (Å²) in [4.78, 5) is 24.6. The average molecular weight is 402 g/mol. The van der Waals surface area contributed by atoms with Crippen molar-refractivity contribution in [2.75, 3.05) is 40.9 Å². The molecule has 0 unspecified atom stereocenters. The third-order valence-corrected chi connectivity index (χ3v) is 5.54. The van der Waals surface area contributed by atoms with Crippen molar-refractivity contribution in [3.8, 4) is 6.07 Å². The molecule has 4 rings (SSSR count). The number of ketones is 1. The molecule has 0 fully saturated rings. The van der Waals surface area contributed by atoms with Gasteiger partial charge < -0.3 is 16.4 Å². The number of nitrogen functional groups attached to an aromatic ring is 2. The number of nitrogens with zero attached hydrogens (tertiary/aromatic N) is 4. The van der Waals surface area contributed by atoms with Gasteiger partial charge in [-0.3, -0.25) is 9.69 Å². The van der Waals surface area contributed by atoms with Crippen LogP contribution in [0.1, 0.15) is 35.3 Å². The highest BCUT2D eigenvalue weighted by molar-refractivity contribution is 6.20. The first-order valence-electron chi connectivity index (χ1n) is 9.95. The van der Waals surface area contributed by atoms with E-state index in [2.05, 4.69) is 16.0 Å². The Kier molecular flexibility index (Phi) is 4.88. The first kappa shape index (κ1) is 19.5. The van der Waals surface area contributed by atoms with Crippen molar-refractivity contribution in [1.29, 1.82) is 5.26 Å². The summed E-state index contributed by atoms with van der Waals surface area (Å²) in [6.07, 6.45) is 0. The zero-order valence-corrected chi connectivity index (χ0v) is 17.1. The zero-order valence-electron chi connectivity index (χ0n) is 17.1. The van der Waals surface area contributed by atoms with E-state index < -0.39 is 0 Å². The molecule has 0 spiro atoms. The maximum Gasteiger partial charge on any atom is 0.234 e. The van der Waals surface area contributed by atoms with E-state index in [0.717, 1.165) is 5.56 Å². The minimum atomic E-state index is -0.0743. The lowest BCUT2D eigenvalue weighted by atomic mass is 10.00. The van der Waals surface area contributed by atoms with E-state index in [1.165, 1.54) is 0 Å². The van der Waals surface area contributed by atoms with Gasteiger partial charge >= 0.3 is 0 Å². The van der Waals surface area contributed by atoms with Crippen molar-refractivity contribution in [1.82, 2.24) is 4.98 Å². The van der Waals surface area contributed by atoms with Crippen molar-refractivity contribution in [3.05, 3.63) is 47.0 Å². The molecule has 0 radical (unpaired) electrons. The van der Waals surface area contributed by atoms with E-state index in [1.54, 1.807) is 0 Å². The van der Waals surface area contributed by atoms with E-state index in [4.69, 9.17) is 11.5 Å². The summed E-state index contributed by atoms with van der Waals surface area (Å²) in [5.74, 6) is 1.52. The number of nitrogens with one attached hydrogen (secondary N) is 1. The molecule has 1 aliphatic rings. The molecule has 5 N–H and O–H groups in total. The summed E-state index contributed by atoms with van der Waals surface area (Å²) in [7, 11) is 0. The van der Waals surface area contributed by atoms with Crippen LogP contribution in [0.25, 0.3) is 10.8 Å². The van der Waals surface area contributed by atoms with Crippen LogP contribution in [0.5, 0.6) is 0 Å². The molecule has 3 aromatic rings. The van der Waals surface area contributed by atoms with Crippen LogP contribution in [0.4, 0.5) is 23.3 Å². The predicted molar refractivity (Wildman–Crippen MR) is 117 cm³/mol. The van der Waals surface area contributed by atoms with Gasteiger partial charge in [-0.15, -0.1) is 0 Å². The first-order chi connectivity index (χ1) is 14.5. The summed E-state index contributed by atoms with van der Waals surface area (Å²) in [6, 6.07) is 12.1. The number of aromatic nitrogens is 2. The second-order valence-electron chi connectivity index (χ2n) is 7.26. The molecular weight excluding hydrogens is 378 g/mol. The van der Waals surface area contributed by atoms with Crippen LogP contribution in [0.3, 0.4) is 0 Å². The topological polar surface area (TPSA) is 126 Å². The molecular formula is C22H24N7O+. The highest BCUT2D eigenvalue weighted by Gasteiger charge is 2.38. The number of Topliss-reactive ketones (excluding diaryl/α,β-unsaturated/α-hetero) is 1. The predicted octanol–water partition coefficient (Wildman–Crippen LogP) is 2.13. The number of pyridine rings is 2. The van der Waals surface area contributed by atoms with Crippen molar-refractivity contribution in [2.24, 2.45) is 0 Å². The van der Waals surface area contributed by atoms with Crippen LogP contribution in [-0.2, 0) is 6.54 Å². The molecule has 8 heteroatoms. The summed E-state index contributed by atoms with van der Waals surface area (Å²) < 4.78 is 0. The van der Waals surface area contributed by atoms with E-state index in [0.29, 0.717) is 59.0 Å². The summed E-state index contributed by atoms with van der Waals surface area (Å²) >= 11 is 0. The number of carbonyl (C=O) groups excluding carboxylic acids is 1. The maximum absolute atomic E-state index is 13.1. The molecule has 1 aliphatic heterocycles. The number of hydrogen-bond acceptors (Lipinski definition) is 7. The fraction of sp³-hybridized carbons (Fsp3) is 0.273. The Bertz CT molecular complexity index is 1180. The summed E-state index contributed by atoms with van der Waals surface area (Å²) in [5.41, 5.74) is 14.4. The quantitative estimate of drug-likeness (QED) is 0.669. The SMILES string of the molecule is CCN(CC)c1nc(N)c2c(N)[nH+]c3c(c2c1C#N)C(=O)CN3Cc1ccccc1. The molecule has 152 valence electrons. The van der Waals surface area contributed by atoms with Gasteiger partial charge in [0, 0.05) is 18.5 Å². The molecule has 0 bridgehead atoms. The molecule has 2 aromatic heterocycles. The fourth-order valence-corrected chi connectivity index (χ4v) is 4.12. The van der Waals surface area contributed by atoms with Crippen molar-refractivity contribution in [2.45, 2.75) is 20.4 Å². The standard InChI is InChI=1S/C22H23N7O/c1-3-28(4-2)21-14(10-23)16-17-15(30)12-29(11-13-8-6-5-7-9-13)22(17)27-20(25)18(16)19(24)26-21/h5-9H,3-4,11-12H2,1-2H3,(H2,24,26)(H2,25,27)/p+1. The van der Waals surface area contributed by atoms with Gasteiger partial charge in [0.1, 0.15) is 35.4 Å². The van der Waals surface area contributed by atoms with Crippen LogP contribution >= 0.6 is 0 Å². The number of benzene rings is 1. The summed E-state index contributed by atoms with van der Waals surface area (Å²) in [6.45, 7) is 6.04. The van der Waals surface area contributed by atoms with E-state index in [9.17, 15) is 10.1 Å². The molecule has 0 aliphatic carbocycles. The maximum atomic E-state index is 13.1. The molecule has 8 nitrogen and oxygen atoms in total. The number of carbonyl (C=O) groups is 1. The van der Waals surface area contributed by atoms with Crippen molar-refractivity contribution < 1.29 is 9.78 Å². The molecule has 0 saturated heterocycles. The van der Waals surface area contributed by atoms with Gasteiger partial charge in [-0.05, 0) is 19.4 Å². The molecule has 1 aromatic carbocycles. The number of H-pyrrole nitrogens is 1. The van der Waals surface area contributed by atoms with Crippen LogP contribution in [0.15, 0.2) is 30.3 Å². The average Bonchev–Trinajstić information content (AvgIpc) is 3.04. The first-order valence-corrected chi connectivity index (χ1v) is 9.95.